The number of thiazole rings is 1. The molecule has 0 atom stereocenters. The van der Waals surface area contributed by atoms with Gasteiger partial charge in [0.05, 0.1) is 19.4 Å². The summed E-state index contributed by atoms with van der Waals surface area (Å²) in [5.74, 6) is 0.932. The van der Waals surface area contributed by atoms with Crippen molar-refractivity contribution in [2.75, 3.05) is 13.7 Å². The van der Waals surface area contributed by atoms with Crippen molar-refractivity contribution < 1.29 is 9.47 Å². The number of aryl methyl sites for hydroxylation is 2. The van der Waals surface area contributed by atoms with E-state index in [1.165, 1.54) is 0 Å². The molecule has 0 radical (unpaired) electrons. The molecule has 0 N–H and O–H groups in total. The molecule has 0 aliphatic rings. The number of methoxy groups -OCH3 is 1. The second-order valence-electron chi connectivity index (χ2n) is 4.01. The molecule has 1 aromatic carbocycles. The highest BCUT2D eigenvalue weighted by Gasteiger charge is 2.10. The van der Waals surface area contributed by atoms with Crippen LogP contribution in [0.25, 0.3) is 10.6 Å². The van der Waals surface area contributed by atoms with Gasteiger partial charge in [-0.3, -0.25) is 0 Å². The number of hydrogen-bond acceptors (Lipinski definition) is 4. The molecule has 96 valence electrons. The Kier molecular flexibility index (Phi) is 3.87. The molecule has 1 aromatic heterocycles. The fraction of sp³-hybridized carbons (Fsp3) is 0.357. The Morgan fingerprint density at radius 3 is 2.61 bits per heavy atom. The van der Waals surface area contributed by atoms with Gasteiger partial charge < -0.3 is 9.47 Å². The maximum atomic E-state index is 5.54. The molecule has 0 aliphatic carbocycles. The minimum atomic E-state index is 0.685. The van der Waals surface area contributed by atoms with Crippen LogP contribution in [0.2, 0.25) is 0 Å². The minimum absolute atomic E-state index is 0.685. The standard InChI is InChI=1S/C14H17NO2S/c1-5-17-12-7-6-11(8-9(12)2)13-15-10(3)14(16-4)18-13/h6-8H,5H2,1-4H3. The summed E-state index contributed by atoms with van der Waals surface area (Å²) in [7, 11) is 1.67. The number of hydrogen-bond donors (Lipinski definition) is 0. The molecule has 2 rings (SSSR count). The third-order valence-electron chi connectivity index (χ3n) is 2.66. The van der Waals surface area contributed by atoms with Crippen molar-refractivity contribution in [2.45, 2.75) is 20.8 Å². The third-order valence-corrected chi connectivity index (χ3v) is 3.83. The van der Waals surface area contributed by atoms with E-state index < -0.39 is 0 Å². The van der Waals surface area contributed by atoms with Gasteiger partial charge in [-0.2, -0.15) is 0 Å². The molecule has 18 heavy (non-hydrogen) atoms. The van der Waals surface area contributed by atoms with Crippen LogP contribution in [-0.4, -0.2) is 18.7 Å². The summed E-state index contributed by atoms with van der Waals surface area (Å²) in [6.07, 6.45) is 0. The highest BCUT2D eigenvalue weighted by atomic mass is 32.1. The molecule has 0 fully saturated rings. The van der Waals surface area contributed by atoms with Crippen molar-refractivity contribution in [3.8, 4) is 21.4 Å². The monoisotopic (exact) mass is 263 g/mol. The summed E-state index contributed by atoms with van der Waals surface area (Å²) in [6.45, 7) is 6.68. The van der Waals surface area contributed by atoms with Crippen LogP contribution in [0.15, 0.2) is 18.2 Å². The van der Waals surface area contributed by atoms with Crippen molar-refractivity contribution in [1.29, 1.82) is 0 Å². The highest BCUT2D eigenvalue weighted by Crippen LogP contribution is 2.34. The Bertz CT molecular complexity index is 549. The fourth-order valence-corrected chi connectivity index (χ4v) is 2.67. The van der Waals surface area contributed by atoms with Crippen LogP contribution in [0.5, 0.6) is 10.8 Å². The molecule has 0 saturated carbocycles. The highest BCUT2D eigenvalue weighted by molar-refractivity contribution is 7.17. The molecule has 3 nitrogen and oxygen atoms in total. The van der Waals surface area contributed by atoms with Crippen LogP contribution in [0.3, 0.4) is 0 Å². The fourth-order valence-electron chi connectivity index (χ4n) is 1.80. The van der Waals surface area contributed by atoms with E-state index in [9.17, 15) is 0 Å². The molecular weight excluding hydrogens is 246 g/mol. The van der Waals surface area contributed by atoms with Gasteiger partial charge in [-0.25, -0.2) is 4.98 Å². The van der Waals surface area contributed by atoms with Gasteiger partial charge in [-0.05, 0) is 44.5 Å². The van der Waals surface area contributed by atoms with Crippen molar-refractivity contribution in [3.63, 3.8) is 0 Å². The number of rotatable bonds is 4. The molecule has 1 heterocycles. The summed E-state index contributed by atoms with van der Waals surface area (Å²) in [5, 5.41) is 1.85. The average molecular weight is 263 g/mol. The van der Waals surface area contributed by atoms with Crippen LogP contribution in [0, 0.1) is 13.8 Å². The summed E-state index contributed by atoms with van der Waals surface area (Å²) in [4.78, 5) is 4.52. The van der Waals surface area contributed by atoms with Gasteiger partial charge in [0.2, 0.25) is 0 Å². The Balaban J connectivity index is 2.35. The summed E-state index contributed by atoms with van der Waals surface area (Å²) >= 11 is 1.57. The van der Waals surface area contributed by atoms with E-state index in [1.807, 2.05) is 32.9 Å². The lowest BCUT2D eigenvalue weighted by Gasteiger charge is -2.07. The zero-order chi connectivity index (χ0) is 13.1. The van der Waals surface area contributed by atoms with E-state index in [0.717, 1.165) is 32.6 Å². The Hall–Kier alpha value is -1.55. The van der Waals surface area contributed by atoms with E-state index in [1.54, 1.807) is 18.4 Å². The molecule has 0 saturated heterocycles. The summed E-state index contributed by atoms with van der Waals surface area (Å²) in [6, 6.07) is 6.13. The molecular formula is C14H17NO2S. The Labute approximate surface area is 111 Å². The van der Waals surface area contributed by atoms with E-state index in [4.69, 9.17) is 9.47 Å². The maximum absolute atomic E-state index is 5.54. The van der Waals surface area contributed by atoms with Crippen LogP contribution < -0.4 is 9.47 Å². The van der Waals surface area contributed by atoms with Crippen LogP contribution in [-0.2, 0) is 0 Å². The zero-order valence-electron chi connectivity index (χ0n) is 11.1. The van der Waals surface area contributed by atoms with Gasteiger partial charge >= 0.3 is 0 Å². The molecule has 0 aliphatic heterocycles. The van der Waals surface area contributed by atoms with Crippen LogP contribution in [0.1, 0.15) is 18.2 Å². The van der Waals surface area contributed by atoms with Crippen molar-refractivity contribution in [1.82, 2.24) is 4.98 Å². The lowest BCUT2D eigenvalue weighted by atomic mass is 10.1. The Morgan fingerprint density at radius 1 is 1.28 bits per heavy atom. The number of nitrogens with zero attached hydrogens (tertiary/aromatic N) is 1. The van der Waals surface area contributed by atoms with Gasteiger partial charge in [0.15, 0.2) is 5.06 Å². The first-order valence-electron chi connectivity index (χ1n) is 5.91. The average Bonchev–Trinajstić information content (AvgIpc) is 2.73. The second kappa shape index (κ2) is 5.40. The topological polar surface area (TPSA) is 31.4 Å². The normalized spacial score (nSPS) is 10.4. The SMILES string of the molecule is CCOc1ccc(-c2nc(C)c(OC)s2)cc1C. The smallest absolute Gasteiger partial charge is 0.197 e. The predicted octanol–water partition coefficient (Wildman–Crippen LogP) is 3.83. The van der Waals surface area contributed by atoms with Gasteiger partial charge in [0.1, 0.15) is 10.8 Å². The van der Waals surface area contributed by atoms with Gasteiger partial charge in [0, 0.05) is 5.56 Å². The van der Waals surface area contributed by atoms with Gasteiger partial charge in [0.25, 0.3) is 0 Å². The van der Waals surface area contributed by atoms with E-state index >= 15 is 0 Å². The molecule has 0 amide bonds. The van der Waals surface area contributed by atoms with Crippen molar-refractivity contribution >= 4 is 11.3 Å². The number of aromatic nitrogens is 1. The number of benzene rings is 1. The second-order valence-corrected chi connectivity index (χ2v) is 4.97. The van der Waals surface area contributed by atoms with E-state index in [2.05, 4.69) is 11.1 Å². The van der Waals surface area contributed by atoms with Crippen LogP contribution in [0.4, 0.5) is 0 Å². The van der Waals surface area contributed by atoms with Gasteiger partial charge in [-0.15, -0.1) is 0 Å². The molecule has 0 bridgehead atoms. The molecule has 4 heteroatoms. The minimum Gasteiger partial charge on any atom is -0.494 e. The van der Waals surface area contributed by atoms with Crippen molar-refractivity contribution in [2.24, 2.45) is 0 Å². The Morgan fingerprint density at radius 2 is 2.06 bits per heavy atom. The zero-order valence-corrected chi connectivity index (χ0v) is 11.9. The largest absolute Gasteiger partial charge is 0.494 e. The van der Waals surface area contributed by atoms with Gasteiger partial charge in [-0.1, -0.05) is 11.3 Å². The maximum Gasteiger partial charge on any atom is 0.197 e. The van der Waals surface area contributed by atoms with E-state index in [0.29, 0.717) is 6.61 Å². The molecule has 0 unspecified atom stereocenters. The lowest BCUT2D eigenvalue weighted by Crippen LogP contribution is -1.93. The first-order valence-corrected chi connectivity index (χ1v) is 6.72. The molecule has 2 aromatic rings. The predicted molar refractivity (Wildman–Crippen MR) is 74.7 cm³/mol. The molecule has 0 spiro atoms. The first kappa shape index (κ1) is 12.9. The lowest BCUT2D eigenvalue weighted by molar-refractivity contribution is 0.338. The summed E-state index contributed by atoms with van der Waals surface area (Å²) in [5.41, 5.74) is 3.16. The van der Waals surface area contributed by atoms with Crippen LogP contribution >= 0.6 is 11.3 Å². The third kappa shape index (κ3) is 2.48. The van der Waals surface area contributed by atoms with E-state index in [-0.39, 0.29) is 0 Å². The van der Waals surface area contributed by atoms with Crippen molar-refractivity contribution in [3.05, 3.63) is 29.5 Å². The number of ether oxygens (including phenoxy) is 2. The first-order chi connectivity index (χ1) is 8.65. The summed E-state index contributed by atoms with van der Waals surface area (Å²) < 4.78 is 10.8. The quantitative estimate of drug-likeness (QED) is 0.840.